The highest BCUT2D eigenvalue weighted by molar-refractivity contribution is 6.30. The van der Waals surface area contributed by atoms with Crippen LogP contribution in [0.4, 0.5) is 5.69 Å². The van der Waals surface area contributed by atoms with E-state index in [1.54, 1.807) is 12.1 Å². The lowest BCUT2D eigenvalue weighted by Gasteiger charge is -2.05. The van der Waals surface area contributed by atoms with E-state index in [4.69, 9.17) is 17.3 Å². The molecular formula is C10H9ClN4O. The van der Waals surface area contributed by atoms with Crippen LogP contribution >= 0.6 is 11.6 Å². The van der Waals surface area contributed by atoms with Crippen LogP contribution < -0.4 is 11.3 Å². The van der Waals surface area contributed by atoms with Crippen LogP contribution in [0.2, 0.25) is 5.02 Å². The molecule has 0 saturated heterocycles. The van der Waals surface area contributed by atoms with Gasteiger partial charge in [0.1, 0.15) is 0 Å². The highest BCUT2D eigenvalue weighted by atomic mass is 35.5. The molecule has 5 nitrogen and oxygen atoms in total. The Kier molecular flexibility index (Phi) is 2.62. The summed E-state index contributed by atoms with van der Waals surface area (Å²) in [6, 6.07) is 4.84. The first-order chi connectivity index (χ1) is 7.58. The van der Waals surface area contributed by atoms with E-state index in [0.29, 0.717) is 10.8 Å². The Labute approximate surface area is 96.5 Å². The van der Waals surface area contributed by atoms with Gasteiger partial charge in [0.15, 0.2) is 5.82 Å². The molecule has 0 aliphatic carbocycles. The summed E-state index contributed by atoms with van der Waals surface area (Å²) in [6.45, 7) is 1.81. The molecule has 0 fully saturated rings. The summed E-state index contributed by atoms with van der Waals surface area (Å²) in [4.78, 5) is 11.7. The Hall–Kier alpha value is -1.88. The molecule has 2 N–H and O–H groups in total. The lowest BCUT2D eigenvalue weighted by Crippen LogP contribution is -2.21. The molecule has 0 radical (unpaired) electrons. The van der Waals surface area contributed by atoms with Gasteiger partial charge < -0.3 is 5.73 Å². The number of nitrogens with two attached hydrogens (primary N) is 1. The minimum atomic E-state index is -0.359. The number of rotatable bonds is 1. The van der Waals surface area contributed by atoms with Crippen LogP contribution in [0.25, 0.3) is 5.82 Å². The lowest BCUT2D eigenvalue weighted by atomic mass is 10.4. The fourth-order valence-electron chi connectivity index (χ4n) is 1.26. The van der Waals surface area contributed by atoms with E-state index in [1.165, 1.54) is 16.8 Å². The zero-order valence-electron chi connectivity index (χ0n) is 8.51. The number of halogens is 1. The van der Waals surface area contributed by atoms with Crippen LogP contribution in [0.5, 0.6) is 0 Å². The topological polar surface area (TPSA) is 73.8 Å². The molecule has 2 heterocycles. The smallest absolute Gasteiger partial charge is 0.279 e. The second kappa shape index (κ2) is 3.94. The Morgan fingerprint density at radius 3 is 2.75 bits per heavy atom. The third-order valence-electron chi connectivity index (χ3n) is 2.04. The normalized spacial score (nSPS) is 10.4. The molecule has 0 spiro atoms. The summed E-state index contributed by atoms with van der Waals surface area (Å²) in [5.41, 5.74) is 6.01. The first kappa shape index (κ1) is 10.6. The van der Waals surface area contributed by atoms with Gasteiger partial charge >= 0.3 is 0 Å². The van der Waals surface area contributed by atoms with Gasteiger partial charge in [-0.2, -0.15) is 5.10 Å². The van der Waals surface area contributed by atoms with Crippen molar-refractivity contribution in [2.75, 3.05) is 5.73 Å². The van der Waals surface area contributed by atoms with Gasteiger partial charge in [-0.3, -0.25) is 9.36 Å². The number of hydrogen-bond acceptors (Lipinski definition) is 4. The Morgan fingerprint density at radius 1 is 1.38 bits per heavy atom. The predicted octanol–water partition coefficient (Wildman–Crippen LogP) is 1.17. The van der Waals surface area contributed by atoms with Crippen LogP contribution in [-0.2, 0) is 0 Å². The molecule has 0 saturated carbocycles. The fraction of sp³-hybridized carbons (Fsp3) is 0.100. The zero-order valence-corrected chi connectivity index (χ0v) is 9.27. The van der Waals surface area contributed by atoms with E-state index >= 15 is 0 Å². The molecule has 0 aromatic carbocycles. The molecule has 0 bridgehead atoms. The lowest BCUT2D eigenvalue weighted by molar-refractivity contribution is 0.868. The summed E-state index contributed by atoms with van der Waals surface area (Å²) >= 11 is 5.82. The maximum Gasteiger partial charge on any atom is 0.279 e. The van der Waals surface area contributed by atoms with Gasteiger partial charge in [0.05, 0.1) is 16.4 Å². The number of nitrogens with zero attached hydrogens (tertiary/aromatic N) is 3. The maximum atomic E-state index is 11.7. The summed E-state index contributed by atoms with van der Waals surface area (Å²) < 4.78 is 1.27. The van der Waals surface area contributed by atoms with Gasteiger partial charge in [-0.1, -0.05) is 11.6 Å². The quantitative estimate of drug-likeness (QED) is 0.807. The van der Waals surface area contributed by atoms with Crippen molar-refractivity contribution in [3.05, 3.63) is 45.5 Å². The molecule has 2 aromatic rings. The van der Waals surface area contributed by atoms with E-state index in [0.717, 1.165) is 5.69 Å². The van der Waals surface area contributed by atoms with Crippen molar-refractivity contribution < 1.29 is 0 Å². The first-order valence-corrected chi connectivity index (χ1v) is 4.94. The van der Waals surface area contributed by atoms with Crippen LogP contribution in [0, 0.1) is 6.92 Å². The number of hydrogen-bond donors (Lipinski definition) is 1. The molecule has 0 aliphatic heterocycles. The molecule has 0 atom stereocenters. The average molecular weight is 237 g/mol. The molecule has 82 valence electrons. The second-order valence-corrected chi connectivity index (χ2v) is 3.76. The number of aromatic nitrogens is 3. The van der Waals surface area contributed by atoms with E-state index in [9.17, 15) is 4.79 Å². The minimum absolute atomic E-state index is 0.0786. The zero-order chi connectivity index (χ0) is 11.7. The molecule has 0 amide bonds. The molecule has 6 heteroatoms. The van der Waals surface area contributed by atoms with Gasteiger partial charge in [0.2, 0.25) is 0 Å². The summed E-state index contributed by atoms with van der Waals surface area (Å²) in [6.07, 6.45) is 1.46. The van der Waals surface area contributed by atoms with Crippen LogP contribution in [0.3, 0.4) is 0 Å². The van der Waals surface area contributed by atoms with Crippen molar-refractivity contribution in [2.24, 2.45) is 0 Å². The van der Waals surface area contributed by atoms with E-state index in [2.05, 4.69) is 10.2 Å². The SMILES string of the molecule is Cc1ccc(-n2cc(Cl)cc(N)c2=O)nn1. The van der Waals surface area contributed by atoms with E-state index in [1.807, 2.05) is 6.92 Å². The van der Waals surface area contributed by atoms with Gasteiger partial charge in [-0.25, -0.2) is 0 Å². The van der Waals surface area contributed by atoms with Crippen molar-refractivity contribution in [2.45, 2.75) is 6.92 Å². The van der Waals surface area contributed by atoms with E-state index in [-0.39, 0.29) is 11.2 Å². The Morgan fingerprint density at radius 2 is 2.12 bits per heavy atom. The Balaban J connectivity index is 2.64. The molecular weight excluding hydrogens is 228 g/mol. The van der Waals surface area contributed by atoms with Gasteiger partial charge in [-0.15, -0.1) is 5.10 Å². The van der Waals surface area contributed by atoms with Crippen LogP contribution in [-0.4, -0.2) is 14.8 Å². The monoisotopic (exact) mass is 236 g/mol. The predicted molar refractivity (Wildman–Crippen MR) is 61.8 cm³/mol. The average Bonchev–Trinajstić information content (AvgIpc) is 2.25. The third-order valence-corrected chi connectivity index (χ3v) is 2.25. The molecule has 0 unspecified atom stereocenters. The van der Waals surface area contributed by atoms with Crippen molar-refractivity contribution in [1.29, 1.82) is 0 Å². The standard InChI is InChI=1S/C10H9ClN4O/c1-6-2-3-9(14-13-6)15-5-7(11)4-8(12)10(15)16/h2-5H,12H2,1H3. The number of pyridine rings is 1. The third kappa shape index (κ3) is 1.90. The maximum absolute atomic E-state index is 11.7. The van der Waals surface area contributed by atoms with E-state index < -0.39 is 0 Å². The summed E-state index contributed by atoms with van der Waals surface area (Å²) in [5, 5.41) is 8.13. The highest BCUT2D eigenvalue weighted by Gasteiger charge is 2.06. The molecule has 2 rings (SSSR count). The summed E-state index contributed by atoms with van der Waals surface area (Å²) in [5.74, 6) is 0.393. The van der Waals surface area contributed by atoms with Crippen molar-refractivity contribution in [3.63, 3.8) is 0 Å². The van der Waals surface area contributed by atoms with Crippen molar-refractivity contribution >= 4 is 17.3 Å². The largest absolute Gasteiger partial charge is 0.394 e. The Bertz CT molecular complexity index is 576. The van der Waals surface area contributed by atoms with Gasteiger partial charge in [0.25, 0.3) is 5.56 Å². The van der Waals surface area contributed by atoms with Gasteiger partial charge in [-0.05, 0) is 25.1 Å². The summed E-state index contributed by atoms with van der Waals surface area (Å²) in [7, 11) is 0. The number of aryl methyl sites for hydroxylation is 1. The van der Waals surface area contributed by atoms with Crippen LogP contribution in [0.1, 0.15) is 5.69 Å². The second-order valence-electron chi connectivity index (χ2n) is 3.32. The first-order valence-electron chi connectivity index (χ1n) is 4.56. The van der Waals surface area contributed by atoms with Gasteiger partial charge in [0, 0.05) is 6.20 Å². The van der Waals surface area contributed by atoms with Crippen molar-refractivity contribution in [3.8, 4) is 5.82 Å². The fourth-order valence-corrected chi connectivity index (χ4v) is 1.47. The molecule has 16 heavy (non-hydrogen) atoms. The number of anilines is 1. The minimum Gasteiger partial charge on any atom is -0.394 e. The number of nitrogen functional groups attached to an aromatic ring is 1. The van der Waals surface area contributed by atoms with Crippen LogP contribution in [0.15, 0.2) is 29.2 Å². The molecule has 2 aromatic heterocycles. The highest BCUT2D eigenvalue weighted by Crippen LogP contribution is 2.11. The molecule has 0 aliphatic rings. The van der Waals surface area contributed by atoms with Crippen molar-refractivity contribution in [1.82, 2.24) is 14.8 Å².